The van der Waals surface area contributed by atoms with E-state index in [4.69, 9.17) is 23.9 Å². The Morgan fingerprint density at radius 1 is 0.688 bits per heavy atom. The molecule has 6 heterocycles. The van der Waals surface area contributed by atoms with Crippen molar-refractivity contribution in [2.24, 2.45) is 11.8 Å². The van der Waals surface area contributed by atoms with Crippen molar-refractivity contribution in [1.82, 2.24) is 19.8 Å². The number of hydrogen-bond acceptors (Lipinski definition) is 12. The van der Waals surface area contributed by atoms with E-state index >= 15 is 0 Å². The summed E-state index contributed by atoms with van der Waals surface area (Å²) in [5.41, 5.74) is 3.00. The Morgan fingerprint density at radius 3 is 1.62 bits per heavy atom. The van der Waals surface area contributed by atoms with Crippen molar-refractivity contribution in [2.75, 3.05) is 26.2 Å². The minimum absolute atomic E-state index is 0.0658. The molecule has 2 fully saturated rings. The number of hydrogen-bond donors (Lipinski definition) is 2. The van der Waals surface area contributed by atoms with Crippen LogP contribution in [0.5, 0.6) is 0 Å². The second kappa shape index (κ2) is 22.4. The van der Waals surface area contributed by atoms with Gasteiger partial charge in [-0.3, -0.25) is 29.4 Å². The average molecular weight is 938 g/mol. The van der Waals surface area contributed by atoms with Crippen LogP contribution in [-0.4, -0.2) is 86.3 Å². The number of likely N-dealkylation sites (tertiary alicyclic amines) is 2. The number of fused-ring (bicyclic) bond motifs is 2. The molecule has 0 saturated carbocycles. The lowest BCUT2D eigenvalue weighted by molar-refractivity contribution is -0.157. The van der Waals surface area contributed by atoms with E-state index in [1.807, 2.05) is 78.5 Å². The zero-order chi connectivity index (χ0) is 45.9. The van der Waals surface area contributed by atoms with Gasteiger partial charge in [0.25, 0.3) is 0 Å². The molecule has 0 aliphatic carbocycles. The van der Waals surface area contributed by atoms with E-state index in [9.17, 15) is 9.59 Å². The molecule has 64 heavy (non-hydrogen) atoms. The van der Waals surface area contributed by atoms with Gasteiger partial charge in [0.05, 0.1) is 12.5 Å². The van der Waals surface area contributed by atoms with Crippen LogP contribution in [0.2, 0.25) is 0 Å². The second-order valence-corrected chi connectivity index (χ2v) is 19.7. The van der Waals surface area contributed by atoms with Gasteiger partial charge in [-0.2, -0.15) is 0 Å². The van der Waals surface area contributed by atoms with Gasteiger partial charge in [0.1, 0.15) is 22.6 Å². The van der Waals surface area contributed by atoms with E-state index in [1.54, 1.807) is 12.3 Å². The molecular weight excluding hydrogens is 875 g/mol. The van der Waals surface area contributed by atoms with Crippen molar-refractivity contribution in [3.63, 3.8) is 0 Å². The highest BCUT2D eigenvalue weighted by Crippen LogP contribution is 2.31. The summed E-state index contributed by atoms with van der Waals surface area (Å²) in [5, 5.41) is 21.4. The number of pyridine rings is 2. The van der Waals surface area contributed by atoms with Gasteiger partial charge in [0, 0.05) is 71.5 Å². The molecule has 0 unspecified atom stereocenters. The molecule has 12 nitrogen and oxygen atoms in total. The van der Waals surface area contributed by atoms with Gasteiger partial charge < -0.3 is 28.4 Å². The third-order valence-corrected chi connectivity index (χ3v) is 11.8. The molecule has 0 spiro atoms. The maximum Gasteiger partial charge on any atom is 0.526 e. The Balaban J connectivity index is 0.000000182. The number of furan rings is 2. The van der Waals surface area contributed by atoms with E-state index in [1.165, 1.54) is 28.8 Å². The van der Waals surface area contributed by atoms with Crippen LogP contribution in [0.1, 0.15) is 91.2 Å². The predicted octanol–water partition coefficient (Wildman–Crippen LogP) is 9.34. The smallest absolute Gasteiger partial charge is 0.473 e. The van der Waals surface area contributed by atoms with Crippen molar-refractivity contribution < 1.29 is 37.9 Å². The van der Waals surface area contributed by atoms with E-state index in [0.717, 1.165) is 96.9 Å². The summed E-state index contributed by atoms with van der Waals surface area (Å²) >= 11 is 3.59. The Labute approximate surface area is 385 Å². The lowest BCUT2D eigenvalue weighted by atomic mass is 9.88. The van der Waals surface area contributed by atoms with Crippen LogP contribution in [0.25, 0.3) is 32.9 Å². The van der Waals surface area contributed by atoms with Gasteiger partial charge in [-0.15, -0.1) is 0 Å². The first-order valence-corrected chi connectivity index (χ1v) is 23.0. The first kappa shape index (κ1) is 48.6. The number of esters is 2. The van der Waals surface area contributed by atoms with E-state index < -0.39 is 18.3 Å². The summed E-state index contributed by atoms with van der Waals surface area (Å²) < 4.78 is 22.2. The van der Waals surface area contributed by atoms with Crippen LogP contribution >= 0.6 is 15.9 Å². The van der Waals surface area contributed by atoms with Crippen molar-refractivity contribution in [3.05, 3.63) is 114 Å². The number of carbonyl (C=O) groups excluding carboxylic acids is 2. The highest BCUT2D eigenvalue weighted by molar-refractivity contribution is 9.10. The molecule has 2 saturated heterocycles. The number of nitrogens with zero attached hydrogens (tertiary/aromatic N) is 4. The quantitative estimate of drug-likeness (QED) is 0.0995. The van der Waals surface area contributed by atoms with E-state index in [-0.39, 0.29) is 17.6 Å². The Bertz CT molecular complexity index is 2400. The SMILES string of the molecule is CC(C)(C)OC(=O)CC1CCN(Cc2ccc3cncc(-c4ccco4)c3c2)CC1.CC(C)(C)OC(=O)CC1CCN(Cc2ccc3cncc(Br)c3c2)CC1.OB(O)c1ccco1. The van der Waals surface area contributed by atoms with Crippen molar-refractivity contribution in [2.45, 2.75) is 104 Å². The van der Waals surface area contributed by atoms with Crippen LogP contribution in [-0.2, 0) is 32.2 Å². The maximum atomic E-state index is 12.1. The standard InChI is InChI=1S/C25H30N2O3.C21H27BrN2O2.C4H5BO3/c1-25(2,3)30-24(28)14-18-8-10-27(11-9-18)17-19-6-7-20-15-26-16-22(21(20)13-19)23-5-4-12-29-23;1-21(2,3)26-20(25)11-15-6-8-24(9-7-15)14-16-4-5-17-12-23-13-19(22)18(17)10-16;6-5(7)4-2-1-3-8-4/h4-7,12-13,15-16,18H,8-11,14,17H2,1-3H3;4-5,10,12-13,15H,6-9,11,14H2,1-3H3;1-3,6-7H. The van der Waals surface area contributed by atoms with Crippen molar-refractivity contribution >= 4 is 62.2 Å². The van der Waals surface area contributed by atoms with Gasteiger partial charge >= 0.3 is 19.1 Å². The molecule has 0 radical (unpaired) electrons. The lowest BCUT2D eigenvalue weighted by Crippen LogP contribution is -2.34. The fraction of sp³-hybridized carbons (Fsp3) is 0.440. The highest BCUT2D eigenvalue weighted by atomic mass is 79.9. The average Bonchev–Trinajstić information content (AvgIpc) is 3.98. The minimum Gasteiger partial charge on any atom is -0.473 e. The highest BCUT2D eigenvalue weighted by Gasteiger charge is 2.26. The van der Waals surface area contributed by atoms with Crippen molar-refractivity contribution in [3.8, 4) is 11.3 Å². The summed E-state index contributed by atoms with van der Waals surface area (Å²) in [6.07, 6.45) is 15.8. The second-order valence-electron chi connectivity index (χ2n) is 18.8. The maximum absolute atomic E-state index is 12.1. The molecular formula is C50H62BBrN4O8. The number of halogens is 1. The van der Waals surface area contributed by atoms with Gasteiger partial charge in [-0.25, -0.2) is 0 Å². The summed E-state index contributed by atoms with van der Waals surface area (Å²) in [6.45, 7) is 17.5. The monoisotopic (exact) mass is 936 g/mol. The molecule has 0 bridgehead atoms. The summed E-state index contributed by atoms with van der Waals surface area (Å²) in [4.78, 5) is 37.6. The number of piperidine rings is 2. The molecule has 6 aromatic rings. The first-order valence-electron chi connectivity index (χ1n) is 22.2. The van der Waals surface area contributed by atoms with Crippen LogP contribution in [0.15, 0.2) is 111 Å². The van der Waals surface area contributed by atoms with Crippen LogP contribution in [0.3, 0.4) is 0 Å². The molecule has 0 amide bonds. The molecule has 2 aliphatic heterocycles. The van der Waals surface area contributed by atoms with Crippen LogP contribution in [0.4, 0.5) is 0 Å². The van der Waals surface area contributed by atoms with Crippen molar-refractivity contribution in [1.29, 1.82) is 0 Å². The summed E-state index contributed by atoms with van der Waals surface area (Å²) in [6, 6.07) is 20.1. The fourth-order valence-electron chi connectivity index (χ4n) is 8.10. The number of rotatable bonds is 10. The molecule has 340 valence electrons. The molecule has 0 atom stereocenters. The molecule has 14 heteroatoms. The van der Waals surface area contributed by atoms with E-state index in [2.05, 4.69) is 76.5 Å². The third kappa shape index (κ3) is 15.1. The van der Waals surface area contributed by atoms with Gasteiger partial charge in [0.15, 0.2) is 0 Å². The predicted molar refractivity (Wildman–Crippen MR) is 254 cm³/mol. The molecule has 2 aromatic carbocycles. The fourth-order valence-corrected chi connectivity index (χ4v) is 8.56. The van der Waals surface area contributed by atoms with Gasteiger partial charge in [-0.05, 0) is 179 Å². The summed E-state index contributed by atoms with van der Waals surface area (Å²) in [5.74, 6) is 1.56. The van der Waals surface area contributed by atoms with E-state index in [0.29, 0.717) is 24.7 Å². The topological polar surface area (TPSA) is 152 Å². The number of ether oxygens (including phenoxy) is 2. The lowest BCUT2D eigenvalue weighted by Gasteiger charge is -2.32. The largest absolute Gasteiger partial charge is 0.526 e. The number of benzene rings is 2. The summed E-state index contributed by atoms with van der Waals surface area (Å²) in [7, 11) is -1.48. The molecule has 4 aromatic heterocycles. The zero-order valence-electron chi connectivity index (χ0n) is 38.0. The molecule has 8 rings (SSSR count). The van der Waals surface area contributed by atoms with Gasteiger partial charge in [-0.1, -0.05) is 24.3 Å². The van der Waals surface area contributed by atoms with Crippen LogP contribution < -0.4 is 5.66 Å². The Morgan fingerprint density at radius 2 is 1.17 bits per heavy atom. The minimum atomic E-state index is -1.48. The molecule has 2 aliphatic rings. The first-order chi connectivity index (χ1) is 30.5. The Hall–Kier alpha value is -4.86. The van der Waals surface area contributed by atoms with Gasteiger partial charge in [0.2, 0.25) is 0 Å². The zero-order valence-corrected chi connectivity index (χ0v) is 39.6. The third-order valence-electron chi connectivity index (χ3n) is 11.2. The molecule has 2 N–H and O–H groups in total. The van der Waals surface area contributed by atoms with Crippen LogP contribution in [0, 0.1) is 11.8 Å². The number of aromatic nitrogens is 2. The Kier molecular flexibility index (Phi) is 17.0. The normalized spacial score (nSPS) is 15.5. The number of carbonyl (C=O) groups is 2.